The van der Waals surface area contributed by atoms with Gasteiger partial charge < -0.3 is 14.2 Å². The van der Waals surface area contributed by atoms with Crippen LogP contribution in [-0.2, 0) is 16.1 Å². The Balaban J connectivity index is 1.53. The first-order valence-electron chi connectivity index (χ1n) is 9.75. The zero-order chi connectivity index (χ0) is 23.6. The lowest BCUT2D eigenvalue weighted by Gasteiger charge is -2.10. The zero-order valence-corrected chi connectivity index (χ0v) is 19.1. The van der Waals surface area contributed by atoms with Crippen molar-refractivity contribution in [1.82, 2.24) is 5.43 Å². The molecule has 0 atom stereocenters. The molecule has 1 N–H and O–H groups in total. The minimum Gasteiger partial charge on any atom is -0.488 e. The third-order valence-electron chi connectivity index (χ3n) is 4.36. The number of esters is 1. The van der Waals surface area contributed by atoms with Gasteiger partial charge in [-0.15, -0.1) is 0 Å². The predicted molar refractivity (Wildman–Crippen MR) is 126 cm³/mol. The summed E-state index contributed by atoms with van der Waals surface area (Å²) in [6.45, 7) is 0.00399. The van der Waals surface area contributed by atoms with Gasteiger partial charge in [-0.1, -0.05) is 53.5 Å². The molecule has 0 aromatic heterocycles. The molecule has 0 spiro atoms. The molecule has 3 aromatic carbocycles. The Morgan fingerprint density at radius 3 is 2.42 bits per heavy atom. The van der Waals surface area contributed by atoms with Crippen molar-refractivity contribution in [2.75, 3.05) is 13.7 Å². The van der Waals surface area contributed by atoms with Crippen molar-refractivity contribution in [2.45, 2.75) is 6.61 Å². The van der Waals surface area contributed by atoms with Crippen molar-refractivity contribution >= 4 is 41.3 Å². The van der Waals surface area contributed by atoms with Gasteiger partial charge in [0.25, 0.3) is 5.91 Å². The number of hydrogen-bond acceptors (Lipinski definition) is 6. The van der Waals surface area contributed by atoms with Crippen LogP contribution in [0.4, 0.5) is 0 Å². The van der Waals surface area contributed by atoms with Crippen LogP contribution in [0.2, 0.25) is 10.0 Å². The second kappa shape index (κ2) is 11.9. The highest BCUT2D eigenvalue weighted by atomic mass is 35.5. The number of nitrogens with zero attached hydrogens (tertiary/aromatic N) is 1. The number of carbonyl (C=O) groups is 2. The van der Waals surface area contributed by atoms with Gasteiger partial charge in [0.15, 0.2) is 6.61 Å². The highest BCUT2D eigenvalue weighted by molar-refractivity contribution is 6.42. The lowest BCUT2D eigenvalue weighted by Crippen LogP contribution is -2.24. The van der Waals surface area contributed by atoms with Crippen molar-refractivity contribution in [2.24, 2.45) is 5.10 Å². The summed E-state index contributed by atoms with van der Waals surface area (Å²) in [5.74, 6) is 0.0229. The van der Waals surface area contributed by atoms with E-state index in [2.05, 4.69) is 15.3 Å². The summed E-state index contributed by atoms with van der Waals surface area (Å²) in [5, 5.41) is 4.53. The average Bonchev–Trinajstić information content (AvgIpc) is 2.84. The minimum atomic E-state index is -0.466. The summed E-state index contributed by atoms with van der Waals surface area (Å²) in [6, 6.07) is 19.1. The Morgan fingerprint density at radius 2 is 1.67 bits per heavy atom. The monoisotopic (exact) mass is 486 g/mol. The molecule has 0 aliphatic heterocycles. The molecule has 0 aliphatic carbocycles. The van der Waals surface area contributed by atoms with Crippen LogP contribution in [0, 0.1) is 0 Å². The molecule has 0 unspecified atom stereocenters. The van der Waals surface area contributed by atoms with Gasteiger partial charge in [-0.25, -0.2) is 10.2 Å². The number of hydrogen-bond donors (Lipinski definition) is 1. The number of nitrogens with one attached hydrogen (secondary N) is 1. The fourth-order valence-electron chi connectivity index (χ4n) is 2.68. The highest BCUT2D eigenvalue weighted by Crippen LogP contribution is 2.31. The van der Waals surface area contributed by atoms with Crippen LogP contribution >= 0.6 is 23.2 Å². The van der Waals surface area contributed by atoms with Crippen LogP contribution in [-0.4, -0.2) is 31.8 Å². The minimum absolute atomic E-state index is 0.237. The number of methoxy groups -OCH3 is 1. The number of ether oxygens (including phenoxy) is 3. The molecule has 3 rings (SSSR count). The van der Waals surface area contributed by atoms with Crippen LogP contribution in [0.25, 0.3) is 0 Å². The number of carbonyl (C=O) groups excluding carboxylic acids is 2. The van der Waals surface area contributed by atoms with E-state index in [1.807, 2.05) is 12.1 Å². The quantitative estimate of drug-likeness (QED) is 0.264. The smallest absolute Gasteiger partial charge is 0.337 e. The Kier molecular flexibility index (Phi) is 8.69. The maximum Gasteiger partial charge on any atom is 0.337 e. The first kappa shape index (κ1) is 24.1. The number of amides is 1. The van der Waals surface area contributed by atoms with Gasteiger partial charge in [-0.2, -0.15) is 5.10 Å². The molecular formula is C24H20Cl2N2O5. The van der Waals surface area contributed by atoms with E-state index in [9.17, 15) is 9.59 Å². The lowest BCUT2D eigenvalue weighted by molar-refractivity contribution is -0.123. The fourth-order valence-corrected chi connectivity index (χ4v) is 3.03. The molecule has 0 fully saturated rings. The van der Waals surface area contributed by atoms with E-state index in [1.165, 1.54) is 13.3 Å². The summed E-state index contributed by atoms with van der Waals surface area (Å²) >= 11 is 11.9. The van der Waals surface area contributed by atoms with Crippen LogP contribution in [0.1, 0.15) is 21.5 Å². The van der Waals surface area contributed by atoms with Crippen molar-refractivity contribution in [3.63, 3.8) is 0 Å². The van der Waals surface area contributed by atoms with E-state index < -0.39 is 11.9 Å². The van der Waals surface area contributed by atoms with Gasteiger partial charge >= 0.3 is 5.97 Å². The second-order valence-corrected chi connectivity index (χ2v) is 7.43. The third kappa shape index (κ3) is 6.97. The summed E-state index contributed by atoms with van der Waals surface area (Å²) < 4.78 is 15.9. The number of hydrazone groups is 1. The second-order valence-electron chi connectivity index (χ2n) is 6.65. The number of para-hydroxylation sites is 1. The Morgan fingerprint density at radius 1 is 0.939 bits per heavy atom. The van der Waals surface area contributed by atoms with Crippen molar-refractivity contribution in [3.8, 4) is 11.5 Å². The Hall–Kier alpha value is -3.55. The molecule has 170 valence electrons. The highest BCUT2D eigenvalue weighted by Gasteiger charge is 2.08. The maximum atomic E-state index is 12.0. The SMILES string of the molecule is COC(=O)c1ccc(COc2ccccc2/C=N/NC(=O)COc2cccc(Cl)c2Cl)cc1. The molecule has 0 saturated carbocycles. The topological polar surface area (TPSA) is 86.2 Å². The molecule has 0 bridgehead atoms. The van der Waals surface area contributed by atoms with E-state index in [0.29, 0.717) is 27.6 Å². The van der Waals surface area contributed by atoms with Crippen molar-refractivity contribution in [3.05, 3.63) is 93.5 Å². The first-order valence-corrected chi connectivity index (χ1v) is 10.5. The normalized spacial score (nSPS) is 10.6. The maximum absolute atomic E-state index is 12.0. The van der Waals surface area contributed by atoms with Gasteiger partial charge in [0.2, 0.25) is 0 Å². The molecule has 3 aromatic rings. The summed E-state index contributed by atoms with van der Waals surface area (Å²) in [5.41, 5.74) is 4.40. The van der Waals surface area contributed by atoms with E-state index in [0.717, 1.165) is 5.56 Å². The first-order chi connectivity index (χ1) is 16.0. The van der Waals surface area contributed by atoms with E-state index in [4.69, 9.17) is 32.7 Å². The summed E-state index contributed by atoms with van der Waals surface area (Å²) in [7, 11) is 1.34. The molecule has 0 saturated heterocycles. The largest absolute Gasteiger partial charge is 0.488 e. The summed E-state index contributed by atoms with van der Waals surface area (Å²) in [6.07, 6.45) is 1.47. The van der Waals surface area contributed by atoms with Gasteiger partial charge in [0.05, 0.1) is 23.9 Å². The van der Waals surface area contributed by atoms with Crippen LogP contribution in [0.3, 0.4) is 0 Å². The van der Waals surface area contributed by atoms with Crippen LogP contribution < -0.4 is 14.9 Å². The van der Waals surface area contributed by atoms with Gasteiger partial charge in [0.1, 0.15) is 23.1 Å². The Labute approximate surface area is 200 Å². The molecule has 1 amide bonds. The van der Waals surface area contributed by atoms with Gasteiger partial charge in [0, 0.05) is 5.56 Å². The van der Waals surface area contributed by atoms with Crippen LogP contribution in [0.15, 0.2) is 71.8 Å². The van der Waals surface area contributed by atoms with Crippen LogP contribution in [0.5, 0.6) is 11.5 Å². The molecule has 0 heterocycles. The summed E-state index contributed by atoms with van der Waals surface area (Å²) in [4.78, 5) is 23.5. The average molecular weight is 487 g/mol. The van der Waals surface area contributed by atoms with E-state index in [1.54, 1.807) is 54.6 Å². The predicted octanol–water partition coefficient (Wildman–Crippen LogP) is 4.89. The molecule has 33 heavy (non-hydrogen) atoms. The lowest BCUT2D eigenvalue weighted by atomic mass is 10.1. The van der Waals surface area contributed by atoms with Crippen molar-refractivity contribution < 1.29 is 23.8 Å². The fraction of sp³-hybridized carbons (Fsp3) is 0.125. The van der Waals surface area contributed by atoms with E-state index >= 15 is 0 Å². The molecule has 0 radical (unpaired) electrons. The zero-order valence-electron chi connectivity index (χ0n) is 17.6. The third-order valence-corrected chi connectivity index (χ3v) is 5.16. The molecular weight excluding hydrogens is 467 g/mol. The van der Waals surface area contributed by atoms with Gasteiger partial charge in [-0.3, -0.25) is 4.79 Å². The molecule has 7 nitrogen and oxygen atoms in total. The molecule has 0 aliphatic rings. The number of rotatable bonds is 9. The van der Waals surface area contributed by atoms with E-state index in [-0.39, 0.29) is 18.2 Å². The van der Waals surface area contributed by atoms with Gasteiger partial charge in [-0.05, 0) is 42.0 Å². The van der Waals surface area contributed by atoms with Crippen molar-refractivity contribution in [1.29, 1.82) is 0 Å². The standard InChI is InChI=1S/C24H20Cl2N2O5/c1-31-24(30)17-11-9-16(10-12-17)14-32-20-7-3-2-5-18(20)13-27-28-22(29)15-33-21-8-4-6-19(25)23(21)26/h2-13H,14-15H2,1H3,(H,28,29)/b27-13+. The number of benzene rings is 3. The Bertz CT molecular complexity index is 1150. The molecule has 9 heteroatoms. The number of halogens is 2.